The average Bonchev–Trinajstić information content (AvgIpc) is 2.48. The molecule has 1 N–H and O–H groups in total. The summed E-state index contributed by atoms with van der Waals surface area (Å²) in [6.07, 6.45) is 2.63. The summed E-state index contributed by atoms with van der Waals surface area (Å²) < 4.78 is 2.46. The number of aromatic nitrogens is 1. The zero-order chi connectivity index (χ0) is 9.26. The van der Waals surface area contributed by atoms with E-state index in [1.54, 1.807) is 0 Å². The molecule has 2 rings (SSSR count). The van der Waals surface area contributed by atoms with Crippen LogP contribution in [0.4, 0.5) is 0 Å². The van der Waals surface area contributed by atoms with Gasteiger partial charge in [-0.3, -0.25) is 0 Å². The lowest BCUT2D eigenvalue weighted by atomic mass is 10.1. The summed E-state index contributed by atoms with van der Waals surface area (Å²) in [5.74, 6) is 0. The number of aryl methyl sites for hydroxylation is 2. The molecule has 1 atom stereocenters. The maximum atomic E-state index is 3.46. The van der Waals surface area contributed by atoms with Gasteiger partial charge in [0, 0.05) is 24.0 Å². The van der Waals surface area contributed by atoms with Gasteiger partial charge in [-0.05, 0) is 45.4 Å². The Morgan fingerprint density at radius 2 is 2.00 bits per heavy atom. The van der Waals surface area contributed by atoms with Crippen LogP contribution in [0.2, 0.25) is 0 Å². The van der Waals surface area contributed by atoms with E-state index in [0.717, 1.165) is 6.54 Å². The van der Waals surface area contributed by atoms with E-state index in [9.17, 15) is 0 Å². The van der Waals surface area contributed by atoms with Crippen LogP contribution in [0, 0.1) is 13.8 Å². The molecule has 0 spiro atoms. The maximum Gasteiger partial charge on any atom is 0.0460 e. The van der Waals surface area contributed by atoms with E-state index in [4.69, 9.17) is 0 Å². The summed E-state index contributed by atoms with van der Waals surface area (Å²) in [5.41, 5.74) is 2.79. The maximum absolute atomic E-state index is 3.46. The zero-order valence-corrected chi connectivity index (χ0v) is 8.51. The van der Waals surface area contributed by atoms with Crippen molar-refractivity contribution in [3.63, 3.8) is 0 Å². The first-order valence-electron chi connectivity index (χ1n) is 5.14. The van der Waals surface area contributed by atoms with Crippen molar-refractivity contribution < 1.29 is 0 Å². The summed E-state index contributed by atoms with van der Waals surface area (Å²) in [6.45, 7) is 6.72. The summed E-state index contributed by atoms with van der Waals surface area (Å²) in [5, 5.41) is 3.46. The van der Waals surface area contributed by atoms with Crippen molar-refractivity contribution in [2.45, 2.75) is 32.7 Å². The monoisotopic (exact) mass is 178 g/mol. The number of hydrogen-bond donors (Lipinski definition) is 1. The molecule has 2 nitrogen and oxygen atoms in total. The lowest BCUT2D eigenvalue weighted by Crippen LogP contribution is -2.32. The number of nitrogens with one attached hydrogen (secondary N) is 1. The molecule has 0 amide bonds. The highest BCUT2D eigenvalue weighted by atomic mass is 15.1. The van der Waals surface area contributed by atoms with Gasteiger partial charge in [-0.1, -0.05) is 0 Å². The van der Waals surface area contributed by atoms with E-state index < -0.39 is 0 Å². The Bertz CT molecular complexity index is 263. The molecule has 13 heavy (non-hydrogen) atoms. The average molecular weight is 178 g/mol. The molecule has 1 saturated heterocycles. The van der Waals surface area contributed by atoms with Crippen molar-refractivity contribution >= 4 is 0 Å². The number of nitrogens with zero attached hydrogens (tertiary/aromatic N) is 1. The van der Waals surface area contributed by atoms with Crippen LogP contribution in [-0.4, -0.2) is 17.7 Å². The van der Waals surface area contributed by atoms with Crippen LogP contribution in [0.3, 0.4) is 0 Å². The molecule has 0 saturated carbocycles. The largest absolute Gasteiger partial charge is 0.345 e. The second kappa shape index (κ2) is 3.54. The summed E-state index contributed by atoms with van der Waals surface area (Å²) in [7, 11) is 0. The molecule has 1 aromatic heterocycles. The second-order valence-corrected chi connectivity index (χ2v) is 3.99. The van der Waals surface area contributed by atoms with E-state index in [1.807, 2.05) is 0 Å². The molecule has 2 heteroatoms. The van der Waals surface area contributed by atoms with Crippen molar-refractivity contribution in [1.29, 1.82) is 0 Å². The van der Waals surface area contributed by atoms with Crippen molar-refractivity contribution in [2.75, 3.05) is 13.1 Å². The third-order valence-electron chi connectivity index (χ3n) is 2.96. The van der Waals surface area contributed by atoms with Crippen molar-refractivity contribution in [1.82, 2.24) is 9.88 Å². The fourth-order valence-electron chi connectivity index (χ4n) is 2.31. The molecule has 1 unspecified atom stereocenters. The third-order valence-corrected chi connectivity index (χ3v) is 2.96. The van der Waals surface area contributed by atoms with Crippen molar-refractivity contribution in [2.24, 2.45) is 0 Å². The van der Waals surface area contributed by atoms with Gasteiger partial charge in [0.05, 0.1) is 0 Å². The van der Waals surface area contributed by atoms with E-state index in [1.165, 1.54) is 30.8 Å². The summed E-state index contributed by atoms with van der Waals surface area (Å²) in [4.78, 5) is 0. The van der Waals surface area contributed by atoms with Gasteiger partial charge in [0.1, 0.15) is 0 Å². The van der Waals surface area contributed by atoms with Crippen LogP contribution in [0.1, 0.15) is 30.3 Å². The first-order valence-corrected chi connectivity index (χ1v) is 5.14. The van der Waals surface area contributed by atoms with Gasteiger partial charge < -0.3 is 9.88 Å². The van der Waals surface area contributed by atoms with Crippen molar-refractivity contribution in [3.05, 3.63) is 23.5 Å². The quantitative estimate of drug-likeness (QED) is 0.696. The highest BCUT2D eigenvalue weighted by molar-refractivity contribution is 5.15. The fourth-order valence-corrected chi connectivity index (χ4v) is 2.31. The van der Waals surface area contributed by atoms with Gasteiger partial charge in [-0.2, -0.15) is 0 Å². The van der Waals surface area contributed by atoms with E-state index in [-0.39, 0.29) is 0 Å². The third kappa shape index (κ3) is 1.63. The van der Waals surface area contributed by atoms with Crippen LogP contribution < -0.4 is 5.32 Å². The molecule has 72 valence electrons. The SMILES string of the molecule is Cc1ccc(C)n1C1CCCNC1. The van der Waals surface area contributed by atoms with Crippen LogP contribution in [0.15, 0.2) is 12.1 Å². The first kappa shape index (κ1) is 8.82. The molecule has 1 fully saturated rings. The zero-order valence-electron chi connectivity index (χ0n) is 8.51. The normalized spacial score (nSPS) is 23.4. The number of hydrogen-bond acceptors (Lipinski definition) is 1. The number of piperidine rings is 1. The molecule has 0 bridgehead atoms. The highest BCUT2D eigenvalue weighted by Gasteiger charge is 2.16. The predicted octanol–water partition coefficient (Wildman–Crippen LogP) is 2.03. The lowest BCUT2D eigenvalue weighted by molar-refractivity contribution is 0.363. The molecule has 0 aliphatic carbocycles. The Balaban J connectivity index is 2.22. The molecule has 1 aliphatic rings. The van der Waals surface area contributed by atoms with Gasteiger partial charge in [0.25, 0.3) is 0 Å². The van der Waals surface area contributed by atoms with E-state index >= 15 is 0 Å². The van der Waals surface area contributed by atoms with Crippen LogP contribution in [0.25, 0.3) is 0 Å². The van der Waals surface area contributed by atoms with Gasteiger partial charge in [-0.15, -0.1) is 0 Å². The summed E-state index contributed by atoms with van der Waals surface area (Å²) in [6, 6.07) is 5.11. The molecule has 1 aromatic rings. The van der Waals surface area contributed by atoms with Crippen LogP contribution in [0.5, 0.6) is 0 Å². The Hall–Kier alpha value is -0.760. The van der Waals surface area contributed by atoms with E-state index in [0.29, 0.717) is 6.04 Å². The fraction of sp³-hybridized carbons (Fsp3) is 0.636. The second-order valence-electron chi connectivity index (χ2n) is 3.99. The predicted molar refractivity (Wildman–Crippen MR) is 55.0 cm³/mol. The number of rotatable bonds is 1. The van der Waals surface area contributed by atoms with Gasteiger partial charge >= 0.3 is 0 Å². The molecular formula is C11H18N2. The van der Waals surface area contributed by atoms with Crippen molar-refractivity contribution in [3.8, 4) is 0 Å². The van der Waals surface area contributed by atoms with Gasteiger partial charge in [-0.25, -0.2) is 0 Å². The molecule has 2 heterocycles. The molecule has 0 radical (unpaired) electrons. The minimum Gasteiger partial charge on any atom is -0.345 e. The minimum absolute atomic E-state index is 0.684. The van der Waals surface area contributed by atoms with Crippen LogP contribution >= 0.6 is 0 Å². The van der Waals surface area contributed by atoms with Crippen LogP contribution in [-0.2, 0) is 0 Å². The highest BCUT2D eigenvalue weighted by Crippen LogP contribution is 2.21. The standard InChI is InChI=1S/C11H18N2/c1-9-5-6-10(2)13(9)11-4-3-7-12-8-11/h5-6,11-12H,3-4,7-8H2,1-2H3. The Labute approximate surface area is 79.9 Å². The Morgan fingerprint density at radius 3 is 2.54 bits per heavy atom. The molecule has 0 aromatic carbocycles. The Kier molecular flexibility index (Phi) is 2.40. The van der Waals surface area contributed by atoms with Gasteiger partial charge in [0.15, 0.2) is 0 Å². The lowest BCUT2D eigenvalue weighted by Gasteiger charge is -2.27. The topological polar surface area (TPSA) is 17.0 Å². The van der Waals surface area contributed by atoms with Gasteiger partial charge in [0.2, 0.25) is 0 Å². The molecule has 1 aliphatic heterocycles. The van der Waals surface area contributed by atoms with E-state index in [2.05, 4.69) is 35.9 Å². The Morgan fingerprint density at radius 1 is 1.31 bits per heavy atom. The summed E-state index contributed by atoms with van der Waals surface area (Å²) >= 11 is 0. The smallest absolute Gasteiger partial charge is 0.0460 e. The molecular weight excluding hydrogens is 160 g/mol. The first-order chi connectivity index (χ1) is 6.29. The minimum atomic E-state index is 0.684.